The van der Waals surface area contributed by atoms with Crippen molar-refractivity contribution in [1.29, 1.82) is 0 Å². The predicted molar refractivity (Wildman–Crippen MR) is 84.6 cm³/mol. The highest BCUT2D eigenvalue weighted by Crippen LogP contribution is 2.34. The molecule has 4 aromatic rings. The van der Waals surface area contributed by atoms with E-state index in [2.05, 4.69) is 9.97 Å². The zero-order valence-corrected chi connectivity index (χ0v) is 12.3. The normalized spacial score (nSPS) is 17.7. The fourth-order valence-corrected chi connectivity index (χ4v) is 3.48. The number of carbonyl (C=O) groups is 1. The summed E-state index contributed by atoms with van der Waals surface area (Å²) in [6, 6.07) is 11.7. The molecule has 0 saturated carbocycles. The average molecular weight is 303 g/mol. The third-order valence-electron chi connectivity index (χ3n) is 4.55. The number of benzene rings is 1. The van der Waals surface area contributed by atoms with E-state index in [0.717, 1.165) is 28.9 Å². The van der Waals surface area contributed by atoms with Crippen molar-refractivity contribution in [2.75, 3.05) is 0 Å². The van der Waals surface area contributed by atoms with Crippen LogP contribution in [0.25, 0.3) is 16.8 Å². The molecule has 0 N–H and O–H groups in total. The van der Waals surface area contributed by atoms with Gasteiger partial charge in [-0.2, -0.15) is 0 Å². The second-order valence-corrected chi connectivity index (χ2v) is 5.90. The highest BCUT2D eigenvalue weighted by Gasteiger charge is 2.30. The lowest BCUT2D eigenvalue weighted by Crippen LogP contribution is -2.21. The largest absolute Gasteiger partial charge is 0.469 e. The van der Waals surface area contributed by atoms with Crippen molar-refractivity contribution in [2.24, 2.45) is 0 Å². The molecule has 112 valence electrons. The van der Waals surface area contributed by atoms with Gasteiger partial charge in [-0.3, -0.25) is 9.20 Å². The van der Waals surface area contributed by atoms with Gasteiger partial charge >= 0.3 is 0 Å². The van der Waals surface area contributed by atoms with Gasteiger partial charge in [-0.25, -0.2) is 9.97 Å². The molecule has 0 fully saturated rings. The summed E-state index contributed by atoms with van der Waals surface area (Å²) in [5.41, 5.74) is 3.55. The van der Waals surface area contributed by atoms with Crippen LogP contribution in [-0.2, 0) is 6.42 Å². The maximum Gasteiger partial charge on any atom is 0.235 e. The number of para-hydroxylation sites is 2. The maximum atomic E-state index is 12.6. The third kappa shape index (κ3) is 1.76. The van der Waals surface area contributed by atoms with Crippen LogP contribution in [0.5, 0.6) is 0 Å². The number of aromatic nitrogens is 3. The Hall–Kier alpha value is -2.95. The van der Waals surface area contributed by atoms with E-state index >= 15 is 0 Å². The van der Waals surface area contributed by atoms with Crippen LogP contribution in [0, 0.1) is 0 Å². The molecular formula is C18H13N3O2. The Balaban J connectivity index is 1.79. The predicted octanol–water partition coefficient (Wildman–Crippen LogP) is 3.39. The van der Waals surface area contributed by atoms with Gasteiger partial charge < -0.3 is 4.42 Å². The highest BCUT2D eigenvalue weighted by atomic mass is 16.3. The van der Waals surface area contributed by atoms with Gasteiger partial charge in [0, 0.05) is 24.2 Å². The van der Waals surface area contributed by atoms with Crippen LogP contribution in [0.3, 0.4) is 0 Å². The van der Waals surface area contributed by atoms with Gasteiger partial charge in [-0.15, -0.1) is 0 Å². The molecule has 1 unspecified atom stereocenters. The Morgan fingerprint density at radius 2 is 2.04 bits per heavy atom. The molecule has 1 atom stereocenters. The van der Waals surface area contributed by atoms with Crippen LogP contribution in [-0.4, -0.2) is 20.2 Å². The lowest BCUT2D eigenvalue weighted by molar-refractivity contribution is 0.0958. The fraction of sp³-hybridized carbons (Fsp3) is 0.167. The quantitative estimate of drug-likeness (QED) is 0.541. The minimum absolute atomic E-state index is 0.0664. The van der Waals surface area contributed by atoms with Gasteiger partial charge in [0.2, 0.25) is 5.78 Å². The molecule has 3 heterocycles. The third-order valence-corrected chi connectivity index (χ3v) is 4.55. The summed E-state index contributed by atoms with van der Waals surface area (Å²) >= 11 is 0. The Kier molecular flexibility index (Phi) is 2.47. The van der Waals surface area contributed by atoms with E-state index in [9.17, 15) is 4.79 Å². The second kappa shape index (κ2) is 4.52. The number of fused-ring (bicyclic) bond motifs is 5. The minimum Gasteiger partial charge on any atom is -0.469 e. The van der Waals surface area contributed by atoms with E-state index in [1.54, 1.807) is 12.5 Å². The molecule has 5 nitrogen and oxygen atoms in total. The van der Waals surface area contributed by atoms with Crippen molar-refractivity contribution in [3.63, 3.8) is 0 Å². The number of carbonyl (C=O) groups excluding carboxylic acids is 1. The van der Waals surface area contributed by atoms with E-state index in [4.69, 9.17) is 4.42 Å². The number of nitrogens with zero attached hydrogens (tertiary/aromatic N) is 3. The molecule has 1 aliphatic carbocycles. The number of Topliss-reactive ketones (excluding diaryl/α,β-unsaturated/α-hetero) is 1. The number of imidazole rings is 1. The molecule has 3 aromatic heterocycles. The molecule has 1 aliphatic rings. The van der Waals surface area contributed by atoms with Crippen molar-refractivity contribution in [1.82, 2.24) is 14.4 Å². The van der Waals surface area contributed by atoms with Gasteiger partial charge in [-0.05, 0) is 30.7 Å². The van der Waals surface area contributed by atoms with Crippen LogP contribution in [0.15, 0.2) is 53.3 Å². The number of hydrogen-bond donors (Lipinski definition) is 0. The molecule has 0 bridgehead atoms. The second-order valence-electron chi connectivity index (χ2n) is 5.90. The van der Waals surface area contributed by atoms with Crippen LogP contribution in [0.4, 0.5) is 0 Å². The van der Waals surface area contributed by atoms with Crippen molar-refractivity contribution < 1.29 is 9.21 Å². The summed E-state index contributed by atoms with van der Waals surface area (Å²) in [5, 5.41) is 0. The number of ketones is 1. The number of hydrogen-bond acceptors (Lipinski definition) is 4. The highest BCUT2D eigenvalue weighted by molar-refractivity contribution is 5.99. The molecule has 0 aliphatic heterocycles. The number of furan rings is 1. The molecular weight excluding hydrogens is 290 g/mol. The summed E-state index contributed by atoms with van der Waals surface area (Å²) in [7, 11) is 0. The first kappa shape index (κ1) is 12.6. The van der Waals surface area contributed by atoms with Gasteiger partial charge in [0.1, 0.15) is 5.76 Å². The zero-order valence-electron chi connectivity index (χ0n) is 12.3. The average Bonchev–Trinajstić information content (AvgIpc) is 3.22. The summed E-state index contributed by atoms with van der Waals surface area (Å²) in [6.45, 7) is 0. The standard InChI is InChI=1S/C18H13N3O2/c22-16-9-11(17-6-3-7-23-17)8-15-12(16)10-19-18-20-13-4-1-2-5-14(13)21(15)18/h1-7,10-11H,8-9H2. The first-order chi connectivity index (χ1) is 11.3. The van der Waals surface area contributed by atoms with E-state index in [0.29, 0.717) is 17.8 Å². The lowest BCUT2D eigenvalue weighted by atomic mass is 9.85. The fourth-order valence-electron chi connectivity index (χ4n) is 3.48. The van der Waals surface area contributed by atoms with Crippen molar-refractivity contribution in [3.8, 4) is 0 Å². The van der Waals surface area contributed by atoms with Crippen LogP contribution in [0.1, 0.15) is 34.2 Å². The molecule has 5 rings (SSSR count). The summed E-state index contributed by atoms with van der Waals surface area (Å²) in [4.78, 5) is 21.5. The van der Waals surface area contributed by atoms with Crippen molar-refractivity contribution in [3.05, 3.63) is 65.9 Å². The molecule has 0 saturated heterocycles. The molecule has 0 spiro atoms. The Morgan fingerprint density at radius 3 is 2.91 bits per heavy atom. The summed E-state index contributed by atoms with van der Waals surface area (Å²) in [5.74, 6) is 1.67. The van der Waals surface area contributed by atoms with Gasteiger partial charge in [-0.1, -0.05) is 12.1 Å². The zero-order chi connectivity index (χ0) is 15.4. The lowest BCUT2D eigenvalue weighted by Gasteiger charge is -2.22. The topological polar surface area (TPSA) is 60.4 Å². The van der Waals surface area contributed by atoms with Gasteiger partial charge in [0.15, 0.2) is 5.78 Å². The summed E-state index contributed by atoms with van der Waals surface area (Å²) in [6.07, 6.45) is 4.52. The first-order valence-corrected chi connectivity index (χ1v) is 7.63. The van der Waals surface area contributed by atoms with Crippen LogP contribution >= 0.6 is 0 Å². The molecule has 0 amide bonds. The van der Waals surface area contributed by atoms with E-state index in [-0.39, 0.29) is 11.7 Å². The Bertz CT molecular complexity index is 1050. The molecule has 23 heavy (non-hydrogen) atoms. The van der Waals surface area contributed by atoms with Crippen molar-refractivity contribution in [2.45, 2.75) is 18.8 Å². The van der Waals surface area contributed by atoms with Crippen molar-refractivity contribution >= 4 is 22.6 Å². The SMILES string of the molecule is O=C1CC(c2ccco2)Cc2c1cnc1nc3ccccc3n21. The molecule has 5 heteroatoms. The van der Waals surface area contributed by atoms with Crippen LogP contribution < -0.4 is 0 Å². The van der Waals surface area contributed by atoms with E-state index in [1.807, 2.05) is 40.8 Å². The smallest absolute Gasteiger partial charge is 0.235 e. The Morgan fingerprint density at radius 1 is 1.13 bits per heavy atom. The monoisotopic (exact) mass is 303 g/mol. The summed E-state index contributed by atoms with van der Waals surface area (Å²) < 4.78 is 7.54. The molecule has 0 radical (unpaired) electrons. The maximum absolute atomic E-state index is 12.6. The van der Waals surface area contributed by atoms with E-state index < -0.39 is 0 Å². The minimum atomic E-state index is 0.0664. The van der Waals surface area contributed by atoms with E-state index in [1.165, 1.54) is 0 Å². The molecule has 1 aromatic carbocycles. The first-order valence-electron chi connectivity index (χ1n) is 7.63. The van der Waals surface area contributed by atoms with Crippen LogP contribution in [0.2, 0.25) is 0 Å². The number of rotatable bonds is 1. The van der Waals surface area contributed by atoms with Gasteiger partial charge in [0.25, 0.3) is 0 Å². The van der Waals surface area contributed by atoms with Gasteiger partial charge in [0.05, 0.1) is 22.9 Å². The Labute approximate surface area is 131 Å².